The second-order valence-electron chi connectivity index (χ2n) is 7.04. The Morgan fingerprint density at radius 1 is 1.29 bits per heavy atom. The van der Waals surface area contributed by atoms with Gasteiger partial charge in [-0.15, -0.1) is 0 Å². The first-order chi connectivity index (χ1) is 11.3. The van der Waals surface area contributed by atoms with Crippen molar-refractivity contribution in [2.24, 2.45) is 13.0 Å². The van der Waals surface area contributed by atoms with Gasteiger partial charge in [-0.25, -0.2) is 0 Å². The van der Waals surface area contributed by atoms with Crippen molar-refractivity contribution >= 4 is 23.4 Å². The number of carbonyl (C=O) groups excluding carboxylic acids is 2. The van der Waals surface area contributed by atoms with E-state index >= 15 is 0 Å². The van der Waals surface area contributed by atoms with Crippen LogP contribution in [0.25, 0.3) is 0 Å². The molecular formula is C16H24ClN5O2. The van der Waals surface area contributed by atoms with E-state index in [4.69, 9.17) is 11.6 Å². The molecule has 2 bridgehead atoms. The smallest absolute Gasteiger partial charge is 0.276 e. The quantitative estimate of drug-likeness (QED) is 0.802. The monoisotopic (exact) mass is 353 g/mol. The molecule has 0 saturated carbocycles. The maximum Gasteiger partial charge on any atom is 0.276 e. The summed E-state index contributed by atoms with van der Waals surface area (Å²) in [5, 5.41) is 4.60. The molecule has 8 heteroatoms. The lowest BCUT2D eigenvalue weighted by Gasteiger charge is -2.35. The van der Waals surface area contributed by atoms with Gasteiger partial charge in [-0.05, 0) is 18.8 Å². The third kappa shape index (κ3) is 3.42. The number of fused-ring (bicyclic) bond motifs is 4. The largest absolute Gasteiger partial charge is 0.348 e. The van der Waals surface area contributed by atoms with Crippen molar-refractivity contribution in [3.63, 3.8) is 0 Å². The van der Waals surface area contributed by atoms with Crippen molar-refractivity contribution in [1.82, 2.24) is 24.5 Å². The highest BCUT2D eigenvalue weighted by molar-refractivity contribution is 6.33. The Bertz CT molecular complexity index is 644. The number of rotatable bonds is 3. The lowest BCUT2D eigenvalue weighted by molar-refractivity contribution is -0.129. The SMILES string of the molecule is CN(C)C(=O)CN1C[C@@H]2CC[C@H](C1)N(C(=O)c1nn(C)cc1Cl)C2. The third-order valence-electron chi connectivity index (χ3n) is 4.89. The fourth-order valence-electron chi connectivity index (χ4n) is 3.63. The molecule has 3 aliphatic heterocycles. The fraction of sp³-hybridized carbons (Fsp3) is 0.688. The molecule has 0 radical (unpaired) electrons. The average molecular weight is 354 g/mol. The van der Waals surface area contributed by atoms with Crippen molar-refractivity contribution in [3.8, 4) is 0 Å². The number of nitrogens with zero attached hydrogens (tertiary/aromatic N) is 5. The number of likely N-dealkylation sites (N-methyl/N-ethyl adjacent to an activating group) is 1. The summed E-state index contributed by atoms with van der Waals surface area (Å²) in [5.41, 5.74) is 0.322. The summed E-state index contributed by atoms with van der Waals surface area (Å²) >= 11 is 6.14. The Balaban J connectivity index is 1.75. The Labute approximate surface area is 147 Å². The maximum atomic E-state index is 12.9. The molecule has 4 heterocycles. The molecule has 3 saturated heterocycles. The molecule has 3 aliphatic rings. The van der Waals surface area contributed by atoms with Gasteiger partial charge >= 0.3 is 0 Å². The zero-order chi connectivity index (χ0) is 17.4. The Hall–Kier alpha value is -1.60. The summed E-state index contributed by atoms with van der Waals surface area (Å²) in [6.07, 6.45) is 3.71. The minimum atomic E-state index is -0.101. The van der Waals surface area contributed by atoms with Crippen LogP contribution in [0.15, 0.2) is 6.20 Å². The molecule has 24 heavy (non-hydrogen) atoms. The molecule has 0 N–H and O–H groups in total. The van der Waals surface area contributed by atoms with Crippen LogP contribution in [0.3, 0.4) is 0 Å². The molecule has 2 amide bonds. The predicted molar refractivity (Wildman–Crippen MR) is 90.9 cm³/mol. The Morgan fingerprint density at radius 3 is 2.67 bits per heavy atom. The molecule has 1 aromatic heterocycles. The van der Waals surface area contributed by atoms with E-state index in [2.05, 4.69) is 10.00 Å². The summed E-state index contributed by atoms with van der Waals surface area (Å²) < 4.78 is 1.56. The van der Waals surface area contributed by atoms with Crippen molar-refractivity contribution in [2.75, 3.05) is 40.3 Å². The van der Waals surface area contributed by atoms with Crippen molar-refractivity contribution in [2.45, 2.75) is 18.9 Å². The number of aromatic nitrogens is 2. The highest BCUT2D eigenvalue weighted by atomic mass is 35.5. The Kier molecular flexibility index (Phi) is 4.83. The van der Waals surface area contributed by atoms with Gasteiger partial charge in [0.05, 0.1) is 11.6 Å². The van der Waals surface area contributed by atoms with E-state index in [0.717, 1.165) is 25.9 Å². The van der Waals surface area contributed by atoms with Gasteiger partial charge < -0.3 is 9.80 Å². The Morgan fingerprint density at radius 2 is 2.04 bits per heavy atom. The van der Waals surface area contributed by atoms with E-state index in [-0.39, 0.29) is 17.9 Å². The minimum Gasteiger partial charge on any atom is -0.348 e. The summed E-state index contributed by atoms with van der Waals surface area (Å²) in [5.74, 6) is 0.392. The zero-order valence-corrected chi connectivity index (χ0v) is 15.2. The van der Waals surface area contributed by atoms with E-state index in [1.165, 1.54) is 0 Å². The number of hydrogen-bond donors (Lipinski definition) is 0. The topological polar surface area (TPSA) is 61.7 Å². The van der Waals surface area contributed by atoms with Crippen LogP contribution in [0.1, 0.15) is 23.3 Å². The predicted octanol–water partition coefficient (Wildman–Crippen LogP) is 0.698. The van der Waals surface area contributed by atoms with Crippen LogP contribution in [-0.4, -0.2) is 82.6 Å². The van der Waals surface area contributed by atoms with Crippen molar-refractivity contribution in [3.05, 3.63) is 16.9 Å². The lowest BCUT2D eigenvalue weighted by atomic mass is 9.95. The second kappa shape index (κ2) is 6.72. The van der Waals surface area contributed by atoms with Gasteiger partial charge in [-0.2, -0.15) is 5.10 Å². The molecule has 3 fully saturated rings. The first kappa shape index (κ1) is 17.2. The average Bonchev–Trinajstić information content (AvgIpc) is 2.69. The molecule has 4 rings (SSSR count). The highest BCUT2D eigenvalue weighted by Gasteiger charge is 2.39. The van der Waals surface area contributed by atoms with E-state index < -0.39 is 0 Å². The molecule has 2 atom stereocenters. The number of amides is 2. The number of halogens is 1. The number of hydrogen-bond acceptors (Lipinski definition) is 4. The van der Waals surface area contributed by atoms with E-state index in [0.29, 0.717) is 29.7 Å². The normalized spacial score (nSPS) is 24.1. The van der Waals surface area contributed by atoms with Crippen LogP contribution in [0.2, 0.25) is 5.02 Å². The van der Waals surface area contributed by atoms with Crippen molar-refractivity contribution in [1.29, 1.82) is 0 Å². The lowest BCUT2D eigenvalue weighted by Crippen LogP contribution is -2.48. The van der Waals surface area contributed by atoms with Gasteiger partial charge in [0, 0.05) is 53.0 Å². The van der Waals surface area contributed by atoms with Gasteiger partial charge in [0.25, 0.3) is 5.91 Å². The first-order valence-electron chi connectivity index (χ1n) is 8.27. The van der Waals surface area contributed by atoms with Crippen LogP contribution in [-0.2, 0) is 11.8 Å². The summed E-state index contributed by atoms with van der Waals surface area (Å²) in [6, 6.07) is 0.115. The molecular weight excluding hydrogens is 330 g/mol. The van der Waals surface area contributed by atoms with Crippen LogP contribution in [0.5, 0.6) is 0 Å². The van der Waals surface area contributed by atoms with Crippen molar-refractivity contribution < 1.29 is 9.59 Å². The van der Waals surface area contributed by atoms with E-state index in [9.17, 15) is 9.59 Å². The van der Waals surface area contributed by atoms with Crippen LogP contribution >= 0.6 is 11.6 Å². The number of carbonyl (C=O) groups is 2. The highest BCUT2D eigenvalue weighted by Crippen LogP contribution is 2.30. The van der Waals surface area contributed by atoms with Crippen LogP contribution < -0.4 is 0 Å². The number of piperidine rings is 1. The minimum absolute atomic E-state index is 0.0990. The molecule has 7 nitrogen and oxygen atoms in total. The molecule has 1 aromatic rings. The third-order valence-corrected chi connectivity index (χ3v) is 5.17. The van der Waals surface area contributed by atoms with E-state index in [1.54, 1.807) is 36.9 Å². The molecule has 0 spiro atoms. The summed E-state index contributed by atoms with van der Waals surface area (Å²) in [7, 11) is 5.30. The first-order valence-corrected chi connectivity index (χ1v) is 8.65. The summed E-state index contributed by atoms with van der Waals surface area (Å²) in [6.45, 7) is 2.71. The number of aryl methyl sites for hydroxylation is 1. The fourth-order valence-corrected chi connectivity index (χ4v) is 3.89. The van der Waals surface area contributed by atoms with Gasteiger partial charge in [0.1, 0.15) is 0 Å². The van der Waals surface area contributed by atoms with Gasteiger partial charge in [-0.3, -0.25) is 19.2 Å². The summed E-state index contributed by atoms with van der Waals surface area (Å²) in [4.78, 5) is 30.6. The molecule has 0 unspecified atom stereocenters. The van der Waals surface area contributed by atoms with Crippen LogP contribution in [0, 0.1) is 5.92 Å². The molecule has 132 valence electrons. The zero-order valence-electron chi connectivity index (χ0n) is 14.4. The maximum absolute atomic E-state index is 12.9. The van der Waals surface area contributed by atoms with Gasteiger partial charge in [0.15, 0.2) is 5.69 Å². The van der Waals surface area contributed by atoms with E-state index in [1.807, 2.05) is 4.90 Å². The standard InChI is InChI=1S/C16H24ClN5O2/c1-19(2)14(23)10-21-6-11-4-5-12(8-21)22(7-11)16(24)15-13(17)9-20(3)18-15/h9,11-12H,4-8,10H2,1-3H3/t11-,12+/m0/s1. The van der Waals surface area contributed by atoms with Gasteiger partial charge in [0.2, 0.25) is 5.91 Å². The van der Waals surface area contributed by atoms with Gasteiger partial charge in [-0.1, -0.05) is 11.6 Å². The van der Waals surface area contributed by atoms with Crippen LogP contribution in [0.4, 0.5) is 0 Å². The molecule has 0 aromatic carbocycles. The second-order valence-corrected chi connectivity index (χ2v) is 7.44. The molecule has 0 aliphatic carbocycles.